The number of amides is 4. The predicted molar refractivity (Wildman–Crippen MR) is 171 cm³/mol. The first kappa shape index (κ1) is 36.3. The number of nitrogens with one attached hydrogen (secondary N) is 3. The molecule has 45 heavy (non-hydrogen) atoms. The third kappa shape index (κ3) is 9.41. The predicted octanol–water partition coefficient (Wildman–Crippen LogP) is 3.33. The summed E-state index contributed by atoms with van der Waals surface area (Å²) in [7, 11) is -2.33. The number of aliphatic carboxylic acids is 1. The lowest BCUT2D eigenvalue weighted by Gasteiger charge is -2.34. The van der Waals surface area contributed by atoms with Gasteiger partial charge < -0.3 is 26.0 Å². The molecule has 1 aromatic rings. The van der Waals surface area contributed by atoms with Crippen LogP contribution < -0.4 is 16.0 Å². The highest BCUT2D eigenvalue weighted by Crippen LogP contribution is 2.47. The molecule has 1 aliphatic carbocycles. The number of carboxylic acid groups (broad SMARTS) is 1. The van der Waals surface area contributed by atoms with Gasteiger partial charge in [0.15, 0.2) is 0 Å². The summed E-state index contributed by atoms with van der Waals surface area (Å²) in [6.07, 6.45) is 7.50. The second-order valence-corrected chi connectivity index (χ2v) is 15.5. The number of likely N-dealkylation sites (N-methyl/N-ethyl adjacent to an activating group) is 1. The SMILES string of the molecule is CCCCCCCC1C[C@]1(NC(=O)[C@@H]1CCCN1C(=O)CNC(=O)NC(CN(C)S(=O)(=O)c1ccccc1)C(C)(C)C)C(=O)O. The first-order chi connectivity index (χ1) is 21.1. The van der Waals surface area contributed by atoms with Gasteiger partial charge in [0.2, 0.25) is 21.8 Å². The minimum absolute atomic E-state index is 0.00151. The van der Waals surface area contributed by atoms with Crippen molar-refractivity contribution >= 4 is 33.8 Å². The molecule has 252 valence electrons. The number of carboxylic acids is 1. The summed E-state index contributed by atoms with van der Waals surface area (Å²) in [4.78, 5) is 52.9. The van der Waals surface area contributed by atoms with E-state index in [2.05, 4.69) is 22.9 Å². The molecule has 2 unspecified atom stereocenters. The molecular weight excluding hydrogens is 598 g/mol. The smallest absolute Gasteiger partial charge is 0.329 e. The van der Waals surface area contributed by atoms with E-state index in [1.54, 1.807) is 18.2 Å². The number of rotatable bonds is 16. The summed E-state index contributed by atoms with van der Waals surface area (Å²) in [5.41, 5.74) is -1.80. The molecule has 2 fully saturated rings. The van der Waals surface area contributed by atoms with Gasteiger partial charge in [-0.1, -0.05) is 78.0 Å². The Kier molecular flexibility index (Phi) is 12.4. The van der Waals surface area contributed by atoms with Gasteiger partial charge in [0, 0.05) is 26.2 Å². The molecule has 1 saturated carbocycles. The molecule has 0 spiro atoms. The van der Waals surface area contributed by atoms with Crippen molar-refractivity contribution < 1.29 is 32.7 Å². The molecule has 3 rings (SSSR count). The maximum absolute atomic E-state index is 13.2. The minimum atomic E-state index is -3.78. The van der Waals surface area contributed by atoms with E-state index in [1.807, 2.05) is 20.8 Å². The van der Waals surface area contributed by atoms with Crippen LogP contribution in [-0.4, -0.2) is 90.8 Å². The highest BCUT2D eigenvalue weighted by atomic mass is 32.2. The fourth-order valence-electron chi connectivity index (χ4n) is 5.91. The van der Waals surface area contributed by atoms with Gasteiger partial charge in [-0.3, -0.25) is 9.59 Å². The first-order valence-corrected chi connectivity index (χ1v) is 17.5. The van der Waals surface area contributed by atoms with Gasteiger partial charge in [0.25, 0.3) is 0 Å². The van der Waals surface area contributed by atoms with Crippen LogP contribution in [0.1, 0.15) is 85.5 Å². The molecule has 4 amide bonds. The van der Waals surface area contributed by atoms with E-state index in [-0.39, 0.29) is 23.9 Å². The number of hydrogen-bond donors (Lipinski definition) is 4. The van der Waals surface area contributed by atoms with Crippen molar-refractivity contribution in [3.63, 3.8) is 0 Å². The fraction of sp³-hybridized carbons (Fsp3) is 0.688. The Morgan fingerprint density at radius 1 is 1.09 bits per heavy atom. The Morgan fingerprint density at radius 2 is 1.76 bits per heavy atom. The van der Waals surface area contributed by atoms with Crippen molar-refractivity contribution in [1.29, 1.82) is 0 Å². The standard InChI is InChI=1S/C32H51N5O7S/c1-6-7-8-9-11-15-23-20-32(23,29(40)41)35-28(39)25-18-14-19-37(25)27(38)21-33-30(42)34-26(31(2,3)4)22-36(5)45(43,44)24-16-12-10-13-17-24/h10,12-13,16-17,23,25-26H,6-9,11,14-15,18-22H2,1-5H3,(H,35,39)(H,40,41)(H2,33,34,42)/t23?,25-,26?,32+/m0/s1. The van der Waals surface area contributed by atoms with Crippen LogP contribution in [0.15, 0.2) is 35.2 Å². The largest absolute Gasteiger partial charge is 0.479 e. The van der Waals surface area contributed by atoms with Crippen LogP contribution in [0.25, 0.3) is 0 Å². The molecule has 2 aliphatic rings. The number of sulfonamides is 1. The Hall–Kier alpha value is -3.19. The summed E-state index contributed by atoms with van der Waals surface area (Å²) >= 11 is 0. The molecule has 0 radical (unpaired) electrons. The number of unbranched alkanes of at least 4 members (excludes halogenated alkanes) is 4. The lowest BCUT2D eigenvalue weighted by atomic mass is 9.87. The molecule has 4 N–H and O–H groups in total. The summed E-state index contributed by atoms with van der Waals surface area (Å²) in [6.45, 7) is 7.73. The molecule has 12 nitrogen and oxygen atoms in total. The van der Waals surface area contributed by atoms with E-state index in [0.717, 1.165) is 38.5 Å². The Balaban J connectivity index is 1.54. The summed E-state index contributed by atoms with van der Waals surface area (Å²) in [6, 6.07) is 6.00. The van der Waals surface area contributed by atoms with Gasteiger partial charge in [-0.2, -0.15) is 4.31 Å². The number of carbonyl (C=O) groups excluding carboxylic acids is 3. The van der Waals surface area contributed by atoms with E-state index in [0.29, 0.717) is 25.8 Å². The average molecular weight is 650 g/mol. The first-order valence-electron chi connectivity index (χ1n) is 16.0. The lowest BCUT2D eigenvalue weighted by Crippen LogP contribution is -2.56. The molecule has 1 saturated heterocycles. The molecule has 4 atom stereocenters. The number of likely N-dealkylation sites (tertiary alicyclic amines) is 1. The van der Waals surface area contributed by atoms with Crippen molar-refractivity contribution in [3.05, 3.63) is 30.3 Å². The third-order valence-electron chi connectivity index (χ3n) is 9.01. The summed E-state index contributed by atoms with van der Waals surface area (Å²) in [5.74, 6) is -2.09. The van der Waals surface area contributed by atoms with Gasteiger partial charge in [-0.25, -0.2) is 18.0 Å². The highest BCUT2D eigenvalue weighted by molar-refractivity contribution is 7.89. The van der Waals surface area contributed by atoms with Crippen molar-refractivity contribution in [2.24, 2.45) is 11.3 Å². The van der Waals surface area contributed by atoms with Crippen LogP contribution in [-0.2, 0) is 24.4 Å². The van der Waals surface area contributed by atoms with Gasteiger partial charge in [0.1, 0.15) is 11.6 Å². The maximum atomic E-state index is 13.2. The summed E-state index contributed by atoms with van der Waals surface area (Å²) < 4.78 is 27.3. The molecule has 0 aromatic heterocycles. The molecule has 0 bridgehead atoms. The van der Waals surface area contributed by atoms with Gasteiger partial charge in [-0.05, 0) is 49.1 Å². The topological polar surface area (TPSA) is 165 Å². The Morgan fingerprint density at radius 3 is 2.38 bits per heavy atom. The highest BCUT2D eigenvalue weighted by Gasteiger charge is 2.61. The van der Waals surface area contributed by atoms with E-state index in [9.17, 15) is 32.7 Å². The normalized spacial score (nSPS) is 22.1. The second-order valence-electron chi connectivity index (χ2n) is 13.5. The van der Waals surface area contributed by atoms with Crippen molar-refractivity contribution in [2.75, 3.05) is 26.7 Å². The zero-order valence-electron chi connectivity index (χ0n) is 27.3. The summed E-state index contributed by atoms with van der Waals surface area (Å²) in [5, 5.41) is 18.0. The number of urea groups is 1. The van der Waals surface area contributed by atoms with Crippen LogP contribution in [0.3, 0.4) is 0 Å². The zero-order valence-corrected chi connectivity index (χ0v) is 28.1. The Labute approximate surface area is 267 Å². The molecular formula is C32H51N5O7S. The van der Waals surface area contributed by atoms with Crippen LogP contribution in [0.4, 0.5) is 4.79 Å². The van der Waals surface area contributed by atoms with Crippen LogP contribution in [0, 0.1) is 11.3 Å². The number of benzene rings is 1. The fourth-order valence-corrected chi connectivity index (χ4v) is 7.12. The second kappa shape index (κ2) is 15.4. The van der Waals surface area contributed by atoms with Gasteiger partial charge in [-0.15, -0.1) is 0 Å². The molecule has 13 heteroatoms. The molecule has 1 aromatic carbocycles. The Bertz CT molecular complexity index is 1300. The van der Waals surface area contributed by atoms with Gasteiger partial charge in [0.05, 0.1) is 11.4 Å². The van der Waals surface area contributed by atoms with E-state index in [1.165, 1.54) is 28.4 Å². The van der Waals surface area contributed by atoms with Crippen molar-refractivity contribution in [3.8, 4) is 0 Å². The maximum Gasteiger partial charge on any atom is 0.329 e. The molecule has 1 heterocycles. The number of hydrogen-bond acceptors (Lipinski definition) is 6. The van der Waals surface area contributed by atoms with Crippen molar-refractivity contribution in [1.82, 2.24) is 25.2 Å². The monoisotopic (exact) mass is 649 g/mol. The van der Waals surface area contributed by atoms with E-state index >= 15 is 0 Å². The minimum Gasteiger partial charge on any atom is -0.479 e. The average Bonchev–Trinajstić information content (AvgIpc) is 3.45. The van der Waals surface area contributed by atoms with Crippen LogP contribution in [0.5, 0.6) is 0 Å². The quantitative estimate of drug-likeness (QED) is 0.200. The van der Waals surface area contributed by atoms with E-state index < -0.39 is 56.9 Å². The van der Waals surface area contributed by atoms with Crippen LogP contribution in [0.2, 0.25) is 0 Å². The number of nitrogens with zero attached hydrogens (tertiary/aromatic N) is 2. The molecule has 1 aliphatic heterocycles. The van der Waals surface area contributed by atoms with Crippen LogP contribution >= 0.6 is 0 Å². The lowest BCUT2D eigenvalue weighted by molar-refractivity contribution is -0.145. The van der Waals surface area contributed by atoms with E-state index in [4.69, 9.17) is 0 Å². The number of carbonyl (C=O) groups is 4. The van der Waals surface area contributed by atoms with Gasteiger partial charge >= 0.3 is 12.0 Å². The van der Waals surface area contributed by atoms with Crippen molar-refractivity contribution in [2.45, 2.75) is 108 Å². The zero-order chi connectivity index (χ0) is 33.4. The third-order valence-corrected chi connectivity index (χ3v) is 10.8.